The van der Waals surface area contributed by atoms with Gasteiger partial charge >= 0.3 is 0 Å². The Morgan fingerprint density at radius 1 is 1.23 bits per heavy atom. The molecule has 0 bridgehead atoms. The smallest absolute Gasteiger partial charge is 0.167 e. The fourth-order valence-corrected chi connectivity index (χ4v) is 3.91. The summed E-state index contributed by atoms with van der Waals surface area (Å²) in [6.45, 7) is 2.07. The number of nitrogens with one attached hydrogen (secondary N) is 1. The highest BCUT2D eigenvalue weighted by Gasteiger charge is 2.15. The van der Waals surface area contributed by atoms with Crippen molar-refractivity contribution in [1.82, 2.24) is 9.88 Å². The van der Waals surface area contributed by atoms with E-state index < -0.39 is 0 Å². The van der Waals surface area contributed by atoms with Gasteiger partial charge < -0.3 is 9.88 Å². The van der Waals surface area contributed by atoms with Crippen molar-refractivity contribution in [1.29, 1.82) is 0 Å². The Hall–Kier alpha value is -2.17. The Morgan fingerprint density at radius 3 is 2.88 bits per heavy atom. The number of aromatic amines is 1. The van der Waals surface area contributed by atoms with Crippen molar-refractivity contribution < 1.29 is 4.79 Å². The second-order valence-electron chi connectivity index (χ2n) is 6.93. The van der Waals surface area contributed by atoms with Crippen LogP contribution in [-0.4, -0.2) is 35.8 Å². The van der Waals surface area contributed by atoms with Crippen molar-refractivity contribution >= 4 is 38.2 Å². The molecule has 1 aliphatic rings. The molecule has 0 unspecified atom stereocenters. The Labute approximate surface area is 161 Å². The molecule has 0 amide bonds. The highest BCUT2D eigenvalue weighted by molar-refractivity contribution is 9.10. The first kappa shape index (κ1) is 17.3. The molecule has 2 aromatic carbocycles. The van der Waals surface area contributed by atoms with E-state index >= 15 is 0 Å². The molecule has 0 radical (unpaired) electrons. The summed E-state index contributed by atoms with van der Waals surface area (Å²) >= 11 is 3.43. The van der Waals surface area contributed by atoms with E-state index in [4.69, 9.17) is 0 Å². The summed E-state index contributed by atoms with van der Waals surface area (Å²) in [6, 6.07) is 13.9. The van der Waals surface area contributed by atoms with E-state index in [1.165, 1.54) is 16.5 Å². The molecule has 4 rings (SSSR count). The van der Waals surface area contributed by atoms with E-state index in [2.05, 4.69) is 57.3 Å². The lowest BCUT2D eigenvalue weighted by molar-refractivity contribution is 0.0993. The molecule has 4 heteroatoms. The van der Waals surface area contributed by atoms with Gasteiger partial charge in [-0.1, -0.05) is 40.2 Å². The normalized spacial score (nSPS) is 15.2. The lowest BCUT2D eigenvalue weighted by Gasteiger charge is -2.21. The van der Waals surface area contributed by atoms with E-state index in [0.717, 1.165) is 40.6 Å². The maximum atomic E-state index is 12.6. The summed E-state index contributed by atoms with van der Waals surface area (Å²) in [5.74, 6) is 0.140. The molecule has 1 N–H and O–H groups in total. The number of ketones is 1. The van der Waals surface area contributed by atoms with E-state index in [-0.39, 0.29) is 5.78 Å². The number of halogens is 1. The molecule has 3 aromatic rings. The highest BCUT2D eigenvalue weighted by atomic mass is 79.9. The van der Waals surface area contributed by atoms with Crippen molar-refractivity contribution in [3.05, 3.63) is 75.9 Å². The number of H-pyrrole nitrogens is 1. The number of carbonyl (C=O) groups is 1. The predicted octanol–water partition coefficient (Wildman–Crippen LogP) is 5.07. The molecule has 1 aliphatic heterocycles. The summed E-state index contributed by atoms with van der Waals surface area (Å²) in [5.41, 5.74) is 5.58. The van der Waals surface area contributed by atoms with Crippen molar-refractivity contribution in [3.8, 4) is 0 Å². The zero-order valence-electron chi connectivity index (χ0n) is 14.8. The van der Waals surface area contributed by atoms with Crippen LogP contribution in [-0.2, 0) is 6.42 Å². The summed E-state index contributed by atoms with van der Waals surface area (Å²) in [6.07, 6.45) is 5.89. The number of rotatable bonds is 4. The summed E-state index contributed by atoms with van der Waals surface area (Å²) < 4.78 is 0.931. The molecule has 26 heavy (non-hydrogen) atoms. The topological polar surface area (TPSA) is 36.1 Å². The van der Waals surface area contributed by atoms with E-state index in [1.807, 2.05) is 30.3 Å². The van der Waals surface area contributed by atoms with Gasteiger partial charge in [0.1, 0.15) is 0 Å². The number of hydrogen-bond donors (Lipinski definition) is 1. The van der Waals surface area contributed by atoms with Crippen molar-refractivity contribution in [2.75, 3.05) is 20.1 Å². The van der Waals surface area contributed by atoms with Gasteiger partial charge in [0.15, 0.2) is 5.78 Å². The van der Waals surface area contributed by atoms with Gasteiger partial charge in [-0.05, 0) is 48.9 Å². The van der Waals surface area contributed by atoms with E-state index in [0.29, 0.717) is 6.42 Å². The molecule has 0 spiro atoms. The van der Waals surface area contributed by atoms with Gasteiger partial charge in [0.25, 0.3) is 0 Å². The number of benzene rings is 2. The average molecular weight is 409 g/mol. The first-order chi connectivity index (χ1) is 12.6. The fraction of sp³-hybridized carbons (Fsp3) is 0.227. The van der Waals surface area contributed by atoms with Gasteiger partial charge in [0.2, 0.25) is 0 Å². The molecule has 132 valence electrons. The number of Topliss-reactive ketones (excluding diaryl/α,β-unsaturated/α-hetero) is 1. The lowest BCUT2D eigenvalue weighted by Crippen LogP contribution is -2.23. The molecule has 0 fully saturated rings. The predicted molar refractivity (Wildman–Crippen MR) is 111 cm³/mol. The van der Waals surface area contributed by atoms with Crippen LogP contribution in [0.2, 0.25) is 0 Å². The molecular weight excluding hydrogens is 388 g/mol. The van der Waals surface area contributed by atoms with Crippen LogP contribution in [0.25, 0.3) is 16.5 Å². The quantitative estimate of drug-likeness (QED) is 0.611. The van der Waals surface area contributed by atoms with Gasteiger partial charge in [0.05, 0.1) is 0 Å². The average Bonchev–Trinajstić information content (AvgIpc) is 3.05. The Balaban J connectivity index is 1.63. The van der Waals surface area contributed by atoms with E-state index in [9.17, 15) is 4.79 Å². The summed E-state index contributed by atoms with van der Waals surface area (Å²) in [5, 5.41) is 1.21. The standard InChI is InChI=1S/C22H21BrN2O/c1-25-9-7-16(8-10-25)20-14-24-21-6-5-15(11-19(20)21)12-22(26)17-3-2-4-18(23)13-17/h2-7,11,13-14,24H,8-10,12H2,1H3. The number of carbonyl (C=O) groups excluding carboxylic acids is 1. The highest BCUT2D eigenvalue weighted by Crippen LogP contribution is 2.30. The zero-order chi connectivity index (χ0) is 18.1. The minimum absolute atomic E-state index is 0.140. The van der Waals surface area contributed by atoms with Crippen LogP contribution in [0.1, 0.15) is 27.9 Å². The summed E-state index contributed by atoms with van der Waals surface area (Å²) in [7, 11) is 2.15. The maximum Gasteiger partial charge on any atom is 0.167 e. The molecule has 0 saturated heterocycles. The van der Waals surface area contributed by atoms with Gasteiger partial charge in [-0.2, -0.15) is 0 Å². The third-order valence-corrected chi connectivity index (χ3v) is 5.51. The first-order valence-corrected chi connectivity index (χ1v) is 9.66. The Morgan fingerprint density at radius 2 is 2.12 bits per heavy atom. The van der Waals surface area contributed by atoms with Crippen molar-refractivity contribution in [3.63, 3.8) is 0 Å². The van der Waals surface area contributed by atoms with Crippen LogP contribution in [0.5, 0.6) is 0 Å². The second-order valence-corrected chi connectivity index (χ2v) is 7.85. The number of nitrogens with zero attached hydrogens (tertiary/aromatic N) is 1. The van der Waals surface area contributed by atoms with Gasteiger partial charge in [-0.3, -0.25) is 4.79 Å². The van der Waals surface area contributed by atoms with Crippen LogP contribution < -0.4 is 0 Å². The fourth-order valence-electron chi connectivity index (χ4n) is 3.51. The molecule has 0 atom stereocenters. The van der Waals surface area contributed by atoms with Crippen molar-refractivity contribution in [2.45, 2.75) is 12.8 Å². The van der Waals surface area contributed by atoms with Crippen LogP contribution >= 0.6 is 15.9 Å². The molecule has 2 heterocycles. The molecule has 1 aromatic heterocycles. The van der Waals surface area contributed by atoms with Gasteiger partial charge in [-0.25, -0.2) is 0 Å². The van der Waals surface area contributed by atoms with Gasteiger partial charge in [-0.15, -0.1) is 0 Å². The Bertz CT molecular complexity index is 1000. The van der Waals surface area contributed by atoms with Crippen molar-refractivity contribution in [2.24, 2.45) is 0 Å². The van der Waals surface area contributed by atoms with Crippen LogP contribution in [0.3, 0.4) is 0 Å². The number of aromatic nitrogens is 1. The first-order valence-electron chi connectivity index (χ1n) is 8.87. The molecule has 0 aliphatic carbocycles. The summed E-state index contributed by atoms with van der Waals surface area (Å²) in [4.78, 5) is 18.3. The number of hydrogen-bond acceptors (Lipinski definition) is 2. The minimum atomic E-state index is 0.140. The second kappa shape index (κ2) is 7.22. The molecule has 0 saturated carbocycles. The Kier molecular flexibility index (Phi) is 4.79. The SMILES string of the molecule is CN1CC=C(c2c[nH]c3ccc(CC(=O)c4cccc(Br)c4)cc23)CC1. The maximum absolute atomic E-state index is 12.6. The zero-order valence-corrected chi connectivity index (χ0v) is 16.3. The van der Waals surface area contributed by atoms with Crippen LogP contribution in [0.15, 0.2) is 59.2 Å². The number of likely N-dealkylation sites (N-methyl/N-ethyl adjacent to an activating group) is 1. The van der Waals surface area contributed by atoms with E-state index in [1.54, 1.807) is 0 Å². The minimum Gasteiger partial charge on any atom is -0.361 e. The third-order valence-electron chi connectivity index (χ3n) is 5.02. The number of fused-ring (bicyclic) bond motifs is 1. The molecular formula is C22H21BrN2O. The van der Waals surface area contributed by atoms with Gasteiger partial charge in [0, 0.05) is 52.2 Å². The van der Waals surface area contributed by atoms with Crippen LogP contribution in [0, 0.1) is 0 Å². The third kappa shape index (κ3) is 3.53. The lowest BCUT2D eigenvalue weighted by atomic mass is 9.96. The van der Waals surface area contributed by atoms with Crippen LogP contribution in [0.4, 0.5) is 0 Å². The molecule has 3 nitrogen and oxygen atoms in total. The largest absolute Gasteiger partial charge is 0.361 e. The monoisotopic (exact) mass is 408 g/mol.